The first-order valence-corrected chi connectivity index (χ1v) is 7.29. The molecule has 1 heterocycles. The molecule has 0 spiro atoms. The van der Waals surface area contributed by atoms with Gasteiger partial charge >= 0.3 is 0 Å². The second kappa shape index (κ2) is 7.24. The van der Waals surface area contributed by atoms with Crippen LogP contribution in [0.5, 0.6) is 0 Å². The lowest BCUT2D eigenvalue weighted by atomic mass is 10.1. The topological polar surface area (TPSA) is 30.5 Å². The van der Waals surface area contributed by atoms with Gasteiger partial charge in [-0.2, -0.15) is 0 Å². The molecule has 0 aromatic heterocycles. The maximum absolute atomic E-state index is 6.08. The van der Waals surface area contributed by atoms with Crippen molar-refractivity contribution in [2.75, 3.05) is 26.3 Å². The number of benzene rings is 1. The Morgan fingerprint density at radius 1 is 1.44 bits per heavy atom. The van der Waals surface area contributed by atoms with Gasteiger partial charge < -0.3 is 14.8 Å². The molecule has 18 heavy (non-hydrogen) atoms. The summed E-state index contributed by atoms with van der Waals surface area (Å²) in [6.07, 6.45) is 1.46. The zero-order chi connectivity index (χ0) is 12.8. The fourth-order valence-corrected chi connectivity index (χ4v) is 2.44. The lowest BCUT2D eigenvalue weighted by Gasteiger charge is -2.31. The van der Waals surface area contributed by atoms with Gasteiger partial charge in [0.15, 0.2) is 0 Å². The average Bonchev–Trinajstić information content (AvgIpc) is 2.32. The van der Waals surface area contributed by atoms with Crippen LogP contribution in [0.15, 0.2) is 28.7 Å². The standard InChI is InChI=1S/C14H20BrNO2/c1-2-7-16-8-14(18-11-9-17-10-11)12-5-3-4-6-13(12)15/h3-6,11,14,16H,2,7-10H2,1H3. The number of nitrogens with one attached hydrogen (secondary N) is 1. The fraction of sp³-hybridized carbons (Fsp3) is 0.571. The van der Waals surface area contributed by atoms with Gasteiger partial charge in [-0.3, -0.25) is 0 Å². The van der Waals surface area contributed by atoms with E-state index in [4.69, 9.17) is 9.47 Å². The minimum Gasteiger partial charge on any atom is -0.376 e. The molecule has 0 amide bonds. The van der Waals surface area contributed by atoms with E-state index in [2.05, 4.69) is 40.3 Å². The molecular formula is C14H20BrNO2. The summed E-state index contributed by atoms with van der Waals surface area (Å²) in [5.74, 6) is 0. The van der Waals surface area contributed by atoms with E-state index >= 15 is 0 Å². The fourth-order valence-electron chi connectivity index (χ4n) is 1.90. The monoisotopic (exact) mass is 313 g/mol. The quantitative estimate of drug-likeness (QED) is 0.785. The van der Waals surface area contributed by atoms with E-state index in [0.717, 1.165) is 24.0 Å². The Morgan fingerprint density at radius 3 is 2.83 bits per heavy atom. The molecule has 4 heteroatoms. The highest BCUT2D eigenvalue weighted by Gasteiger charge is 2.25. The predicted octanol–water partition coefficient (Wildman–Crippen LogP) is 2.91. The van der Waals surface area contributed by atoms with Gasteiger partial charge in [-0.1, -0.05) is 41.1 Å². The normalized spacial score (nSPS) is 17.4. The maximum atomic E-state index is 6.08. The molecular weight excluding hydrogens is 294 g/mol. The number of hydrogen-bond donors (Lipinski definition) is 1. The molecule has 1 N–H and O–H groups in total. The lowest BCUT2D eigenvalue weighted by Crippen LogP contribution is -2.39. The van der Waals surface area contributed by atoms with Gasteiger partial charge in [-0.25, -0.2) is 0 Å². The highest BCUT2D eigenvalue weighted by molar-refractivity contribution is 9.10. The smallest absolute Gasteiger partial charge is 0.105 e. The van der Waals surface area contributed by atoms with Crippen molar-refractivity contribution in [3.8, 4) is 0 Å². The first kappa shape index (κ1) is 14.0. The molecule has 3 nitrogen and oxygen atoms in total. The maximum Gasteiger partial charge on any atom is 0.105 e. The summed E-state index contributed by atoms with van der Waals surface area (Å²) in [5.41, 5.74) is 1.20. The van der Waals surface area contributed by atoms with Crippen LogP contribution >= 0.6 is 15.9 Å². The molecule has 1 aromatic rings. The molecule has 1 fully saturated rings. The van der Waals surface area contributed by atoms with Gasteiger partial charge in [0, 0.05) is 11.0 Å². The van der Waals surface area contributed by atoms with Gasteiger partial charge in [0.1, 0.15) is 6.10 Å². The molecule has 1 aromatic carbocycles. The third-order valence-electron chi connectivity index (χ3n) is 2.97. The Balaban J connectivity index is 2.00. The molecule has 0 aliphatic carbocycles. The Labute approximate surface area is 117 Å². The molecule has 1 unspecified atom stereocenters. The first-order chi connectivity index (χ1) is 8.81. The highest BCUT2D eigenvalue weighted by Crippen LogP contribution is 2.27. The van der Waals surface area contributed by atoms with E-state index in [1.54, 1.807) is 0 Å². The Morgan fingerprint density at radius 2 is 2.22 bits per heavy atom. The van der Waals surface area contributed by atoms with Crippen molar-refractivity contribution >= 4 is 15.9 Å². The lowest BCUT2D eigenvalue weighted by molar-refractivity contribution is -0.155. The van der Waals surface area contributed by atoms with Crippen LogP contribution in [0.2, 0.25) is 0 Å². The van der Waals surface area contributed by atoms with Crippen molar-refractivity contribution in [2.45, 2.75) is 25.6 Å². The van der Waals surface area contributed by atoms with Crippen LogP contribution in [0.4, 0.5) is 0 Å². The van der Waals surface area contributed by atoms with Crippen LogP contribution in [0.3, 0.4) is 0 Å². The van der Waals surface area contributed by atoms with Crippen molar-refractivity contribution in [3.63, 3.8) is 0 Å². The van der Waals surface area contributed by atoms with Crippen LogP contribution in [0.25, 0.3) is 0 Å². The molecule has 1 atom stereocenters. The van der Waals surface area contributed by atoms with E-state index in [9.17, 15) is 0 Å². The van der Waals surface area contributed by atoms with Crippen LogP contribution in [0, 0.1) is 0 Å². The van der Waals surface area contributed by atoms with Gasteiger partial charge in [-0.05, 0) is 24.6 Å². The van der Waals surface area contributed by atoms with E-state index in [-0.39, 0.29) is 12.2 Å². The van der Waals surface area contributed by atoms with Crippen LogP contribution in [0.1, 0.15) is 25.0 Å². The van der Waals surface area contributed by atoms with Crippen molar-refractivity contribution in [1.29, 1.82) is 0 Å². The predicted molar refractivity (Wildman–Crippen MR) is 75.7 cm³/mol. The number of halogens is 1. The number of rotatable bonds is 7. The first-order valence-electron chi connectivity index (χ1n) is 6.49. The van der Waals surface area contributed by atoms with Gasteiger partial charge in [-0.15, -0.1) is 0 Å². The summed E-state index contributed by atoms with van der Waals surface area (Å²) >= 11 is 3.60. The third-order valence-corrected chi connectivity index (χ3v) is 3.69. The van der Waals surface area contributed by atoms with Crippen LogP contribution in [-0.4, -0.2) is 32.4 Å². The summed E-state index contributed by atoms with van der Waals surface area (Å²) in [7, 11) is 0. The zero-order valence-electron chi connectivity index (χ0n) is 10.7. The van der Waals surface area contributed by atoms with Crippen molar-refractivity contribution in [2.24, 2.45) is 0 Å². The number of ether oxygens (including phenoxy) is 2. The van der Waals surface area contributed by atoms with E-state index in [1.807, 2.05) is 12.1 Å². The van der Waals surface area contributed by atoms with E-state index in [1.165, 1.54) is 5.56 Å². The van der Waals surface area contributed by atoms with Gasteiger partial charge in [0.2, 0.25) is 0 Å². The zero-order valence-corrected chi connectivity index (χ0v) is 12.3. The molecule has 1 saturated heterocycles. The molecule has 0 bridgehead atoms. The summed E-state index contributed by atoms with van der Waals surface area (Å²) < 4.78 is 12.4. The van der Waals surface area contributed by atoms with Gasteiger partial charge in [0.25, 0.3) is 0 Å². The summed E-state index contributed by atoms with van der Waals surface area (Å²) in [4.78, 5) is 0. The minimum atomic E-state index is 0.0843. The van der Waals surface area contributed by atoms with Crippen LogP contribution in [-0.2, 0) is 9.47 Å². The summed E-state index contributed by atoms with van der Waals surface area (Å²) in [5, 5.41) is 3.43. The van der Waals surface area contributed by atoms with Crippen molar-refractivity contribution < 1.29 is 9.47 Å². The average molecular weight is 314 g/mol. The molecule has 0 saturated carbocycles. The van der Waals surface area contributed by atoms with Crippen molar-refractivity contribution in [3.05, 3.63) is 34.3 Å². The minimum absolute atomic E-state index is 0.0843. The Bertz CT molecular complexity index is 369. The third kappa shape index (κ3) is 3.79. The second-order valence-corrected chi connectivity index (χ2v) is 5.36. The highest BCUT2D eigenvalue weighted by atomic mass is 79.9. The van der Waals surface area contributed by atoms with Gasteiger partial charge in [0.05, 0.1) is 19.3 Å². The summed E-state index contributed by atoms with van der Waals surface area (Å²) in [6, 6.07) is 8.24. The summed E-state index contributed by atoms with van der Waals surface area (Å²) in [6.45, 7) is 5.46. The van der Waals surface area contributed by atoms with E-state index in [0.29, 0.717) is 13.2 Å². The molecule has 100 valence electrons. The van der Waals surface area contributed by atoms with Crippen LogP contribution < -0.4 is 5.32 Å². The molecule has 1 aliphatic heterocycles. The number of hydrogen-bond acceptors (Lipinski definition) is 3. The largest absolute Gasteiger partial charge is 0.376 e. The SMILES string of the molecule is CCCNCC(OC1COC1)c1ccccc1Br. The molecule has 0 radical (unpaired) electrons. The Kier molecular flexibility index (Phi) is 5.63. The molecule has 2 rings (SSSR count). The van der Waals surface area contributed by atoms with Crippen molar-refractivity contribution in [1.82, 2.24) is 5.32 Å². The Hall–Kier alpha value is -0.420. The van der Waals surface area contributed by atoms with E-state index < -0.39 is 0 Å². The molecule has 1 aliphatic rings. The second-order valence-electron chi connectivity index (χ2n) is 4.51.